The van der Waals surface area contributed by atoms with Crippen LogP contribution in [0.5, 0.6) is 0 Å². The van der Waals surface area contributed by atoms with Gasteiger partial charge in [0.25, 0.3) is 5.69 Å². The molecule has 0 aliphatic rings. The van der Waals surface area contributed by atoms with Gasteiger partial charge in [0.15, 0.2) is 0 Å². The molecule has 7 nitrogen and oxygen atoms in total. The Kier molecular flexibility index (Phi) is 4.65. The lowest BCUT2D eigenvalue weighted by atomic mass is 9.94. The van der Waals surface area contributed by atoms with Crippen molar-refractivity contribution >= 4 is 27.5 Å². The number of nitro groups is 1. The summed E-state index contributed by atoms with van der Waals surface area (Å²) in [5.74, 6) is 0. The van der Waals surface area contributed by atoms with Gasteiger partial charge in [-0.3, -0.25) is 10.1 Å². The van der Waals surface area contributed by atoms with Crippen LogP contribution >= 0.6 is 0 Å². The van der Waals surface area contributed by atoms with E-state index in [2.05, 4.69) is 16.0 Å². The van der Waals surface area contributed by atoms with E-state index < -0.39 is 4.92 Å². The standard InChI is InChI=1S/C28H17N5O2/c29-14-22-21(17-9-11-18(12-10-17)33(34)35)13-27(23-15-30-25-7-3-1-5-19(23)25)32-28(22)24-16-31-26-8-4-2-6-20(24)26/h1-13,15-16,30-31H. The number of nitrogens with zero attached hydrogens (tertiary/aromatic N) is 3. The van der Waals surface area contributed by atoms with Crippen LogP contribution in [-0.2, 0) is 0 Å². The Hall–Kier alpha value is -5.22. The minimum absolute atomic E-state index is 0.00461. The molecule has 2 N–H and O–H groups in total. The molecule has 0 saturated carbocycles. The molecule has 166 valence electrons. The molecule has 6 aromatic rings. The maximum Gasteiger partial charge on any atom is 0.269 e. The van der Waals surface area contributed by atoms with Crippen LogP contribution < -0.4 is 0 Å². The monoisotopic (exact) mass is 455 g/mol. The van der Waals surface area contributed by atoms with Crippen molar-refractivity contribution in [3.8, 4) is 39.7 Å². The molecule has 0 saturated heterocycles. The van der Waals surface area contributed by atoms with Gasteiger partial charge in [0.05, 0.1) is 21.9 Å². The first-order chi connectivity index (χ1) is 17.1. The number of nitriles is 1. The summed E-state index contributed by atoms with van der Waals surface area (Å²) in [6.45, 7) is 0. The minimum atomic E-state index is -0.434. The topological polar surface area (TPSA) is 111 Å². The first-order valence-electron chi connectivity index (χ1n) is 11.0. The van der Waals surface area contributed by atoms with Crippen molar-refractivity contribution in [2.45, 2.75) is 0 Å². The zero-order chi connectivity index (χ0) is 23.9. The fourth-order valence-electron chi connectivity index (χ4n) is 4.53. The van der Waals surface area contributed by atoms with Crippen LogP contribution in [0.2, 0.25) is 0 Å². The normalized spacial score (nSPS) is 11.1. The van der Waals surface area contributed by atoms with Crippen molar-refractivity contribution in [2.75, 3.05) is 0 Å². The Labute approximate surface area is 199 Å². The van der Waals surface area contributed by atoms with Gasteiger partial charge >= 0.3 is 0 Å². The summed E-state index contributed by atoms with van der Waals surface area (Å²) in [5.41, 5.74) is 6.70. The Morgan fingerprint density at radius 1 is 0.800 bits per heavy atom. The van der Waals surface area contributed by atoms with Crippen molar-refractivity contribution in [3.05, 3.63) is 107 Å². The number of fused-ring (bicyclic) bond motifs is 2. The number of hydrogen-bond donors (Lipinski definition) is 2. The number of aromatic amines is 2. The van der Waals surface area contributed by atoms with Gasteiger partial charge in [0.2, 0.25) is 0 Å². The van der Waals surface area contributed by atoms with E-state index in [4.69, 9.17) is 4.98 Å². The SMILES string of the molecule is N#Cc1c(-c2ccc([N+](=O)[O-])cc2)cc(-c2c[nH]c3ccccc23)nc1-c1c[nH]c2ccccc12. The molecule has 35 heavy (non-hydrogen) atoms. The van der Waals surface area contributed by atoms with Gasteiger partial charge in [-0.1, -0.05) is 36.4 Å². The Balaban J connectivity index is 1.66. The summed E-state index contributed by atoms with van der Waals surface area (Å²) >= 11 is 0. The molecule has 0 spiro atoms. The summed E-state index contributed by atoms with van der Waals surface area (Å²) in [4.78, 5) is 22.3. The fourth-order valence-corrected chi connectivity index (χ4v) is 4.53. The average molecular weight is 455 g/mol. The van der Waals surface area contributed by atoms with Gasteiger partial charge in [-0.05, 0) is 35.9 Å². The zero-order valence-corrected chi connectivity index (χ0v) is 18.3. The van der Waals surface area contributed by atoms with Crippen molar-refractivity contribution in [3.63, 3.8) is 0 Å². The Bertz CT molecular complexity index is 1790. The summed E-state index contributed by atoms with van der Waals surface area (Å²) < 4.78 is 0. The third-order valence-electron chi connectivity index (χ3n) is 6.23. The third-order valence-corrected chi connectivity index (χ3v) is 6.23. The summed E-state index contributed by atoms with van der Waals surface area (Å²) in [5, 5.41) is 23.4. The molecule has 0 radical (unpaired) electrons. The highest BCUT2D eigenvalue weighted by atomic mass is 16.6. The third kappa shape index (κ3) is 3.33. The van der Waals surface area contributed by atoms with E-state index in [9.17, 15) is 15.4 Å². The molecule has 7 heteroatoms. The van der Waals surface area contributed by atoms with Gasteiger partial charge in [-0.25, -0.2) is 4.98 Å². The quantitative estimate of drug-likeness (QED) is 0.224. The number of para-hydroxylation sites is 2. The van der Waals surface area contributed by atoms with Crippen LogP contribution in [0.25, 0.3) is 55.4 Å². The number of rotatable bonds is 4. The van der Waals surface area contributed by atoms with Crippen LogP contribution in [0.15, 0.2) is 91.3 Å². The summed E-state index contributed by atoms with van der Waals surface area (Å²) in [6.07, 6.45) is 3.78. The number of aromatic nitrogens is 3. The summed E-state index contributed by atoms with van der Waals surface area (Å²) in [7, 11) is 0. The van der Waals surface area contributed by atoms with Crippen molar-refractivity contribution in [1.82, 2.24) is 15.0 Å². The van der Waals surface area contributed by atoms with E-state index in [-0.39, 0.29) is 5.69 Å². The number of hydrogen-bond acceptors (Lipinski definition) is 4. The van der Waals surface area contributed by atoms with Crippen LogP contribution in [0.3, 0.4) is 0 Å². The van der Waals surface area contributed by atoms with Crippen molar-refractivity contribution < 1.29 is 4.92 Å². The van der Waals surface area contributed by atoms with E-state index >= 15 is 0 Å². The largest absolute Gasteiger partial charge is 0.360 e. The van der Waals surface area contributed by atoms with Gasteiger partial charge in [-0.2, -0.15) is 5.26 Å². The molecule has 3 aromatic carbocycles. The van der Waals surface area contributed by atoms with Crippen LogP contribution in [0.4, 0.5) is 5.69 Å². The number of pyridine rings is 1. The maximum atomic E-state index is 11.2. The van der Waals surface area contributed by atoms with Gasteiger partial charge in [0.1, 0.15) is 6.07 Å². The second kappa shape index (κ2) is 7.97. The zero-order valence-electron chi connectivity index (χ0n) is 18.3. The Morgan fingerprint density at radius 2 is 1.40 bits per heavy atom. The van der Waals surface area contributed by atoms with Gasteiger partial charge in [0, 0.05) is 63.0 Å². The van der Waals surface area contributed by atoms with Crippen LogP contribution in [0, 0.1) is 21.4 Å². The van der Waals surface area contributed by atoms with Crippen molar-refractivity contribution in [1.29, 1.82) is 5.26 Å². The molecule has 0 fully saturated rings. The number of H-pyrrole nitrogens is 2. The van der Waals surface area contributed by atoms with Gasteiger partial charge < -0.3 is 9.97 Å². The molecule has 0 unspecified atom stereocenters. The molecular formula is C28H17N5O2. The lowest BCUT2D eigenvalue weighted by molar-refractivity contribution is -0.384. The molecule has 3 heterocycles. The highest BCUT2D eigenvalue weighted by Crippen LogP contribution is 2.39. The minimum Gasteiger partial charge on any atom is -0.360 e. The van der Waals surface area contributed by atoms with E-state index in [1.165, 1.54) is 12.1 Å². The summed E-state index contributed by atoms with van der Waals surface area (Å²) in [6, 6.07) is 26.3. The molecule has 0 atom stereocenters. The smallest absolute Gasteiger partial charge is 0.269 e. The number of nitrogens with one attached hydrogen (secondary N) is 2. The van der Waals surface area contributed by atoms with E-state index in [1.807, 2.05) is 67.0 Å². The maximum absolute atomic E-state index is 11.2. The molecule has 3 aromatic heterocycles. The highest BCUT2D eigenvalue weighted by molar-refractivity contribution is 6.00. The first kappa shape index (κ1) is 20.4. The number of benzene rings is 3. The van der Waals surface area contributed by atoms with Crippen molar-refractivity contribution in [2.24, 2.45) is 0 Å². The molecule has 0 aliphatic heterocycles. The number of non-ortho nitro benzene ring substituents is 1. The molecule has 0 bridgehead atoms. The molecule has 6 rings (SSSR count). The second-order valence-electron chi connectivity index (χ2n) is 8.19. The van der Waals surface area contributed by atoms with Crippen LogP contribution in [0.1, 0.15) is 5.56 Å². The van der Waals surface area contributed by atoms with Crippen LogP contribution in [-0.4, -0.2) is 19.9 Å². The molecule has 0 aliphatic carbocycles. The molecule has 0 amide bonds. The van der Waals surface area contributed by atoms with E-state index in [1.54, 1.807) is 12.1 Å². The fraction of sp³-hybridized carbons (Fsp3) is 0. The van der Waals surface area contributed by atoms with E-state index in [0.29, 0.717) is 28.1 Å². The lowest BCUT2D eigenvalue weighted by Gasteiger charge is -2.12. The predicted octanol–water partition coefficient (Wildman–Crippen LogP) is 6.83. The predicted molar refractivity (Wildman–Crippen MR) is 136 cm³/mol. The van der Waals surface area contributed by atoms with Gasteiger partial charge in [-0.15, -0.1) is 0 Å². The average Bonchev–Trinajstić information content (AvgIpc) is 3.52. The second-order valence-corrected chi connectivity index (χ2v) is 8.19. The first-order valence-corrected chi connectivity index (χ1v) is 11.0. The molecular weight excluding hydrogens is 438 g/mol. The Morgan fingerprint density at radius 3 is 2.03 bits per heavy atom. The lowest BCUT2D eigenvalue weighted by Crippen LogP contribution is -1.97. The number of nitro benzene ring substituents is 1. The van der Waals surface area contributed by atoms with E-state index in [0.717, 1.165) is 32.9 Å². The highest BCUT2D eigenvalue weighted by Gasteiger charge is 2.20.